The zero-order chi connectivity index (χ0) is 11.4. The Morgan fingerprint density at radius 1 is 1.53 bits per heavy atom. The lowest BCUT2D eigenvalue weighted by molar-refractivity contribution is 0.368. The van der Waals surface area contributed by atoms with Crippen LogP contribution in [0.4, 0.5) is 0 Å². The van der Waals surface area contributed by atoms with Crippen molar-refractivity contribution in [3.63, 3.8) is 0 Å². The van der Waals surface area contributed by atoms with E-state index in [4.69, 9.17) is 4.74 Å². The first-order valence-corrected chi connectivity index (χ1v) is 5.60. The van der Waals surface area contributed by atoms with Crippen LogP contribution in [-0.2, 0) is 6.42 Å². The van der Waals surface area contributed by atoms with E-state index in [1.54, 1.807) is 7.11 Å². The second-order valence-electron chi connectivity index (χ2n) is 3.39. The molecular formula is C11H16BrNO2. The third-order valence-electron chi connectivity index (χ3n) is 2.37. The van der Waals surface area contributed by atoms with Crippen molar-refractivity contribution < 1.29 is 9.84 Å². The van der Waals surface area contributed by atoms with Crippen molar-refractivity contribution in [2.75, 3.05) is 20.7 Å². The molecule has 15 heavy (non-hydrogen) atoms. The summed E-state index contributed by atoms with van der Waals surface area (Å²) in [6.07, 6.45) is 0.789. The van der Waals surface area contributed by atoms with Crippen LogP contribution in [0.5, 0.6) is 11.5 Å². The number of phenols is 1. The van der Waals surface area contributed by atoms with E-state index in [0.29, 0.717) is 5.75 Å². The van der Waals surface area contributed by atoms with E-state index in [0.717, 1.165) is 28.6 Å². The maximum Gasteiger partial charge on any atom is 0.174 e. The molecule has 0 amide bonds. The quantitative estimate of drug-likeness (QED) is 0.884. The van der Waals surface area contributed by atoms with E-state index >= 15 is 0 Å². The number of aromatic hydroxyl groups is 1. The molecule has 0 unspecified atom stereocenters. The van der Waals surface area contributed by atoms with Crippen LogP contribution in [0.25, 0.3) is 0 Å². The molecule has 3 nitrogen and oxygen atoms in total. The molecule has 1 aromatic carbocycles. The number of benzene rings is 1. The number of halogens is 1. The third-order valence-corrected chi connectivity index (χ3v) is 2.96. The standard InChI is InChI=1S/C11H16BrNO2/c1-7-6-9(12)11(15-3)10(14)8(7)4-5-13-2/h6,13-14H,4-5H2,1-3H3. The summed E-state index contributed by atoms with van der Waals surface area (Å²) in [5.41, 5.74) is 2.00. The molecule has 0 aliphatic carbocycles. The first kappa shape index (κ1) is 12.3. The fraction of sp³-hybridized carbons (Fsp3) is 0.455. The lowest BCUT2D eigenvalue weighted by Crippen LogP contribution is -2.11. The van der Waals surface area contributed by atoms with Crippen LogP contribution in [0.2, 0.25) is 0 Å². The molecule has 4 heteroatoms. The monoisotopic (exact) mass is 273 g/mol. The molecule has 0 atom stereocenters. The summed E-state index contributed by atoms with van der Waals surface area (Å²) in [6.45, 7) is 2.81. The maximum atomic E-state index is 9.99. The van der Waals surface area contributed by atoms with E-state index < -0.39 is 0 Å². The highest BCUT2D eigenvalue weighted by Gasteiger charge is 2.14. The van der Waals surface area contributed by atoms with Crippen molar-refractivity contribution in [2.24, 2.45) is 0 Å². The number of phenolic OH excluding ortho intramolecular Hbond substituents is 1. The van der Waals surface area contributed by atoms with Crippen LogP contribution in [0.1, 0.15) is 11.1 Å². The van der Waals surface area contributed by atoms with Crippen LogP contribution >= 0.6 is 15.9 Å². The average molecular weight is 274 g/mol. The molecule has 0 aromatic heterocycles. The molecule has 0 fully saturated rings. The Bertz CT molecular complexity index is 353. The van der Waals surface area contributed by atoms with E-state index in [-0.39, 0.29) is 5.75 Å². The van der Waals surface area contributed by atoms with E-state index in [2.05, 4.69) is 21.2 Å². The number of ether oxygens (including phenoxy) is 1. The Morgan fingerprint density at radius 3 is 2.73 bits per heavy atom. The van der Waals surface area contributed by atoms with E-state index in [1.807, 2.05) is 20.0 Å². The summed E-state index contributed by atoms with van der Waals surface area (Å²) in [5, 5.41) is 13.1. The SMILES string of the molecule is CNCCc1c(C)cc(Br)c(OC)c1O. The minimum Gasteiger partial charge on any atom is -0.504 e. The molecule has 0 heterocycles. The summed E-state index contributed by atoms with van der Waals surface area (Å²) in [4.78, 5) is 0. The molecule has 84 valence electrons. The van der Waals surface area contributed by atoms with Crippen LogP contribution in [0.3, 0.4) is 0 Å². The van der Waals surface area contributed by atoms with E-state index in [9.17, 15) is 5.11 Å². The van der Waals surface area contributed by atoms with Gasteiger partial charge in [-0.25, -0.2) is 0 Å². The molecule has 0 saturated carbocycles. The zero-order valence-electron chi connectivity index (χ0n) is 9.22. The Hall–Kier alpha value is -0.740. The van der Waals surface area contributed by atoms with Crippen molar-refractivity contribution in [2.45, 2.75) is 13.3 Å². The maximum absolute atomic E-state index is 9.99. The fourth-order valence-corrected chi connectivity index (χ4v) is 2.23. The molecule has 0 bridgehead atoms. The first-order valence-electron chi connectivity index (χ1n) is 4.81. The summed E-state index contributed by atoms with van der Waals surface area (Å²) in [5.74, 6) is 0.742. The summed E-state index contributed by atoms with van der Waals surface area (Å²) in [6, 6.07) is 1.96. The predicted molar refractivity (Wildman–Crippen MR) is 64.7 cm³/mol. The Kier molecular flexibility index (Phi) is 4.42. The minimum absolute atomic E-state index is 0.236. The van der Waals surface area contributed by atoms with Gasteiger partial charge in [0.25, 0.3) is 0 Å². The highest BCUT2D eigenvalue weighted by molar-refractivity contribution is 9.10. The zero-order valence-corrected chi connectivity index (χ0v) is 10.8. The van der Waals surface area contributed by atoms with Gasteiger partial charge in [0.2, 0.25) is 0 Å². The summed E-state index contributed by atoms with van der Waals surface area (Å²) >= 11 is 3.36. The largest absolute Gasteiger partial charge is 0.504 e. The van der Waals surface area contributed by atoms with Crippen LogP contribution in [0.15, 0.2) is 10.5 Å². The van der Waals surface area contributed by atoms with Gasteiger partial charge < -0.3 is 15.2 Å². The minimum atomic E-state index is 0.236. The number of nitrogens with one attached hydrogen (secondary N) is 1. The van der Waals surface area contributed by atoms with Gasteiger partial charge in [-0.05, 0) is 54.5 Å². The summed E-state index contributed by atoms with van der Waals surface area (Å²) in [7, 11) is 3.44. The van der Waals surface area contributed by atoms with Crippen LogP contribution in [-0.4, -0.2) is 25.8 Å². The first-order chi connectivity index (χ1) is 7.11. The van der Waals surface area contributed by atoms with Gasteiger partial charge in [-0.15, -0.1) is 0 Å². The number of hydrogen-bond donors (Lipinski definition) is 2. The lowest BCUT2D eigenvalue weighted by atomic mass is 10.0. The molecule has 0 aliphatic rings. The van der Waals surface area contributed by atoms with Crippen molar-refractivity contribution in [3.05, 3.63) is 21.7 Å². The van der Waals surface area contributed by atoms with Crippen molar-refractivity contribution in [1.82, 2.24) is 5.32 Å². The van der Waals surface area contributed by atoms with Gasteiger partial charge in [0.15, 0.2) is 11.5 Å². The molecule has 0 radical (unpaired) electrons. The fourth-order valence-electron chi connectivity index (χ4n) is 1.54. The second kappa shape index (κ2) is 5.37. The third kappa shape index (κ3) is 2.63. The molecule has 0 aliphatic heterocycles. The van der Waals surface area contributed by atoms with Crippen molar-refractivity contribution in [1.29, 1.82) is 0 Å². The van der Waals surface area contributed by atoms with Gasteiger partial charge in [-0.3, -0.25) is 0 Å². The predicted octanol–water partition coefficient (Wildman–Crippen LogP) is 2.23. The Balaban J connectivity index is 3.14. The van der Waals surface area contributed by atoms with E-state index in [1.165, 1.54) is 0 Å². The molecule has 1 rings (SSSR count). The lowest BCUT2D eigenvalue weighted by Gasteiger charge is -2.13. The highest BCUT2D eigenvalue weighted by atomic mass is 79.9. The second-order valence-corrected chi connectivity index (χ2v) is 4.24. The van der Waals surface area contributed by atoms with Gasteiger partial charge in [0.05, 0.1) is 11.6 Å². The summed E-state index contributed by atoms with van der Waals surface area (Å²) < 4.78 is 5.92. The smallest absolute Gasteiger partial charge is 0.174 e. The topological polar surface area (TPSA) is 41.5 Å². The normalized spacial score (nSPS) is 10.4. The van der Waals surface area contributed by atoms with Gasteiger partial charge in [0.1, 0.15) is 0 Å². The molecule has 0 spiro atoms. The van der Waals surface area contributed by atoms with Crippen molar-refractivity contribution >= 4 is 15.9 Å². The molecule has 1 aromatic rings. The number of hydrogen-bond acceptors (Lipinski definition) is 3. The number of rotatable bonds is 4. The van der Waals surface area contributed by atoms with Crippen molar-refractivity contribution in [3.8, 4) is 11.5 Å². The molecule has 0 saturated heterocycles. The molecule has 2 N–H and O–H groups in total. The number of likely N-dealkylation sites (N-methyl/N-ethyl adjacent to an activating group) is 1. The highest BCUT2D eigenvalue weighted by Crippen LogP contribution is 2.39. The van der Waals surface area contributed by atoms with Crippen LogP contribution < -0.4 is 10.1 Å². The van der Waals surface area contributed by atoms with Gasteiger partial charge >= 0.3 is 0 Å². The van der Waals surface area contributed by atoms with Gasteiger partial charge in [-0.2, -0.15) is 0 Å². The van der Waals surface area contributed by atoms with Gasteiger partial charge in [0, 0.05) is 5.56 Å². The number of methoxy groups -OCH3 is 1. The average Bonchev–Trinajstić information content (AvgIpc) is 2.17. The molecular weight excluding hydrogens is 258 g/mol. The number of aryl methyl sites for hydroxylation is 1. The Labute approximate surface area is 98.6 Å². The van der Waals surface area contributed by atoms with Crippen LogP contribution in [0, 0.1) is 6.92 Å². The van der Waals surface area contributed by atoms with Gasteiger partial charge in [-0.1, -0.05) is 0 Å². The Morgan fingerprint density at radius 2 is 2.20 bits per heavy atom.